The zero-order valence-corrected chi connectivity index (χ0v) is 21.2. The van der Waals surface area contributed by atoms with Gasteiger partial charge in [-0.2, -0.15) is 0 Å². The molecule has 0 aliphatic carbocycles. The van der Waals surface area contributed by atoms with Crippen molar-refractivity contribution in [1.29, 1.82) is 0 Å². The Bertz CT molecular complexity index is 1310. The molecule has 3 amide bonds. The molecule has 0 atom stereocenters. The van der Waals surface area contributed by atoms with Gasteiger partial charge < -0.3 is 15.1 Å². The molecular formula is C28H26ClF2N3O3. The number of benzene rings is 3. The number of piperidine rings is 1. The number of amides is 3. The van der Waals surface area contributed by atoms with Crippen molar-refractivity contribution < 1.29 is 23.2 Å². The summed E-state index contributed by atoms with van der Waals surface area (Å²) in [5, 5.41) is 2.20. The van der Waals surface area contributed by atoms with Crippen molar-refractivity contribution >= 4 is 35.0 Å². The first-order valence-electron chi connectivity index (χ1n) is 11.8. The van der Waals surface area contributed by atoms with Crippen molar-refractivity contribution in [2.45, 2.75) is 18.8 Å². The molecule has 6 nitrogen and oxygen atoms in total. The summed E-state index contributed by atoms with van der Waals surface area (Å²) in [5.74, 6) is -2.98. The molecule has 3 aromatic carbocycles. The lowest BCUT2D eigenvalue weighted by Crippen LogP contribution is -2.38. The van der Waals surface area contributed by atoms with Crippen LogP contribution in [0.4, 0.5) is 14.5 Å². The summed E-state index contributed by atoms with van der Waals surface area (Å²) in [6.45, 7) is 1.18. The molecule has 1 saturated heterocycles. The third-order valence-corrected chi connectivity index (χ3v) is 6.71. The molecule has 0 spiro atoms. The van der Waals surface area contributed by atoms with Crippen molar-refractivity contribution in [2.24, 2.45) is 0 Å². The second-order valence-electron chi connectivity index (χ2n) is 9.18. The summed E-state index contributed by atoms with van der Waals surface area (Å²) in [4.78, 5) is 40.9. The molecule has 37 heavy (non-hydrogen) atoms. The topological polar surface area (TPSA) is 69.7 Å². The van der Waals surface area contributed by atoms with Crippen molar-refractivity contribution in [2.75, 3.05) is 32.5 Å². The maximum Gasteiger partial charge on any atom is 0.255 e. The summed E-state index contributed by atoms with van der Waals surface area (Å²) in [7, 11) is 3.34. The van der Waals surface area contributed by atoms with Gasteiger partial charge in [-0.25, -0.2) is 8.78 Å². The van der Waals surface area contributed by atoms with Crippen molar-refractivity contribution in [3.63, 3.8) is 0 Å². The number of halogens is 3. The van der Waals surface area contributed by atoms with Crippen LogP contribution < -0.4 is 5.32 Å². The highest BCUT2D eigenvalue weighted by Gasteiger charge is 2.25. The number of nitrogens with zero attached hydrogens (tertiary/aromatic N) is 2. The Morgan fingerprint density at radius 2 is 1.57 bits per heavy atom. The molecule has 0 aromatic heterocycles. The smallest absolute Gasteiger partial charge is 0.255 e. The predicted octanol–water partition coefficient (Wildman–Crippen LogP) is 5.59. The second kappa shape index (κ2) is 11.1. The van der Waals surface area contributed by atoms with Gasteiger partial charge in [0.1, 0.15) is 0 Å². The first kappa shape index (κ1) is 26.3. The number of hydrogen-bond acceptors (Lipinski definition) is 3. The summed E-state index contributed by atoms with van der Waals surface area (Å²) in [6.07, 6.45) is 1.56. The fourth-order valence-corrected chi connectivity index (χ4v) is 4.58. The number of hydrogen-bond donors (Lipinski definition) is 1. The molecule has 0 unspecified atom stereocenters. The molecule has 3 aromatic rings. The molecular weight excluding hydrogens is 500 g/mol. The zero-order chi connectivity index (χ0) is 26.7. The lowest BCUT2D eigenvalue weighted by Gasteiger charge is -2.32. The van der Waals surface area contributed by atoms with Crippen LogP contribution in [-0.2, 0) is 0 Å². The van der Waals surface area contributed by atoms with Crippen LogP contribution in [0, 0.1) is 11.6 Å². The number of nitrogens with one attached hydrogen (secondary N) is 1. The quantitative estimate of drug-likeness (QED) is 0.441. The normalized spacial score (nSPS) is 13.8. The lowest BCUT2D eigenvalue weighted by molar-refractivity contribution is 0.0713. The number of anilines is 1. The van der Waals surface area contributed by atoms with Crippen LogP contribution in [0.1, 0.15) is 55.4 Å². The summed E-state index contributed by atoms with van der Waals surface area (Å²) in [6, 6.07) is 16.0. The Morgan fingerprint density at radius 3 is 2.19 bits per heavy atom. The Kier molecular flexibility index (Phi) is 7.88. The Labute approximate surface area is 218 Å². The fourth-order valence-electron chi connectivity index (χ4n) is 4.37. The lowest BCUT2D eigenvalue weighted by atomic mass is 9.89. The molecule has 0 saturated carbocycles. The van der Waals surface area contributed by atoms with Crippen molar-refractivity contribution in [3.05, 3.63) is 99.6 Å². The van der Waals surface area contributed by atoms with E-state index in [0.29, 0.717) is 29.9 Å². The van der Waals surface area contributed by atoms with Gasteiger partial charge >= 0.3 is 0 Å². The van der Waals surface area contributed by atoms with E-state index in [1.807, 2.05) is 12.1 Å². The Morgan fingerprint density at radius 1 is 0.919 bits per heavy atom. The highest BCUT2D eigenvalue weighted by atomic mass is 35.5. The first-order valence-corrected chi connectivity index (χ1v) is 12.2. The Balaban J connectivity index is 1.35. The van der Waals surface area contributed by atoms with Gasteiger partial charge in [-0.3, -0.25) is 14.4 Å². The van der Waals surface area contributed by atoms with Crippen LogP contribution in [-0.4, -0.2) is 54.7 Å². The summed E-state index contributed by atoms with van der Waals surface area (Å²) < 4.78 is 26.9. The van der Waals surface area contributed by atoms with E-state index in [2.05, 4.69) is 5.32 Å². The van der Waals surface area contributed by atoms with E-state index in [1.165, 1.54) is 4.90 Å². The standard InChI is InChI=1S/C28H26ClF2N3O3/c1-33(2)27(36)19-4-3-5-20(14-19)28(37)34-12-10-18(11-13-34)17-6-8-22(9-7-17)32-26(35)21-15-23(29)25(31)24(30)16-21/h3-9,14-16,18H,10-13H2,1-2H3,(H,32,35). The van der Waals surface area contributed by atoms with E-state index in [9.17, 15) is 23.2 Å². The molecule has 4 rings (SSSR count). The molecule has 9 heteroatoms. The predicted molar refractivity (Wildman–Crippen MR) is 138 cm³/mol. The SMILES string of the molecule is CN(C)C(=O)c1cccc(C(=O)N2CCC(c3ccc(NC(=O)c4cc(F)c(F)c(Cl)c4)cc3)CC2)c1. The highest BCUT2D eigenvalue weighted by molar-refractivity contribution is 6.31. The largest absolute Gasteiger partial charge is 0.345 e. The van der Waals surface area contributed by atoms with E-state index in [-0.39, 0.29) is 23.3 Å². The maximum absolute atomic E-state index is 13.6. The van der Waals surface area contributed by atoms with Crippen LogP contribution in [0.3, 0.4) is 0 Å². The number of carbonyl (C=O) groups is 3. The minimum Gasteiger partial charge on any atom is -0.345 e. The van der Waals surface area contributed by atoms with Gasteiger partial charge in [0.15, 0.2) is 11.6 Å². The minimum absolute atomic E-state index is 0.0818. The zero-order valence-electron chi connectivity index (χ0n) is 20.4. The third kappa shape index (κ3) is 5.97. The highest BCUT2D eigenvalue weighted by Crippen LogP contribution is 2.30. The fraction of sp³-hybridized carbons (Fsp3) is 0.250. The molecule has 0 radical (unpaired) electrons. The molecule has 1 N–H and O–H groups in total. The molecule has 1 aliphatic heterocycles. The van der Waals surface area contributed by atoms with Crippen molar-refractivity contribution in [3.8, 4) is 0 Å². The second-order valence-corrected chi connectivity index (χ2v) is 9.58. The summed E-state index contributed by atoms with van der Waals surface area (Å²) >= 11 is 5.63. The number of carbonyl (C=O) groups excluding carboxylic acids is 3. The average molecular weight is 526 g/mol. The van der Waals surface area contributed by atoms with Crippen LogP contribution in [0.25, 0.3) is 0 Å². The molecule has 0 bridgehead atoms. The van der Waals surface area contributed by atoms with Gasteiger partial charge in [-0.15, -0.1) is 0 Å². The Hall–Kier alpha value is -3.78. The molecule has 1 fully saturated rings. The van der Waals surface area contributed by atoms with Crippen molar-refractivity contribution in [1.82, 2.24) is 9.80 Å². The number of likely N-dealkylation sites (tertiary alicyclic amines) is 1. The van der Waals surface area contributed by atoms with E-state index in [1.54, 1.807) is 55.4 Å². The van der Waals surface area contributed by atoms with Gasteiger partial charge in [0, 0.05) is 49.6 Å². The van der Waals surface area contributed by atoms with E-state index >= 15 is 0 Å². The number of rotatable bonds is 5. The van der Waals surface area contributed by atoms with Gasteiger partial charge in [0.05, 0.1) is 5.02 Å². The van der Waals surface area contributed by atoms with Gasteiger partial charge in [0.2, 0.25) is 0 Å². The molecule has 1 aliphatic rings. The van der Waals surface area contributed by atoms with Gasteiger partial charge in [-0.05, 0) is 66.8 Å². The minimum atomic E-state index is -1.19. The average Bonchev–Trinajstić information content (AvgIpc) is 2.91. The van der Waals surface area contributed by atoms with Crippen LogP contribution in [0.2, 0.25) is 5.02 Å². The molecule has 1 heterocycles. The van der Waals surface area contributed by atoms with Crippen LogP contribution in [0.5, 0.6) is 0 Å². The first-order chi connectivity index (χ1) is 17.6. The van der Waals surface area contributed by atoms with E-state index < -0.39 is 22.6 Å². The molecule has 192 valence electrons. The maximum atomic E-state index is 13.6. The summed E-state index contributed by atoms with van der Waals surface area (Å²) in [5.41, 5.74) is 2.48. The van der Waals surface area contributed by atoms with Crippen LogP contribution >= 0.6 is 11.6 Å². The van der Waals surface area contributed by atoms with E-state index in [0.717, 1.165) is 30.5 Å². The third-order valence-electron chi connectivity index (χ3n) is 6.43. The van der Waals surface area contributed by atoms with Crippen LogP contribution in [0.15, 0.2) is 60.7 Å². The van der Waals surface area contributed by atoms with Gasteiger partial charge in [-0.1, -0.05) is 29.8 Å². The van der Waals surface area contributed by atoms with Gasteiger partial charge in [0.25, 0.3) is 17.7 Å². The van der Waals surface area contributed by atoms with E-state index in [4.69, 9.17) is 11.6 Å². The monoisotopic (exact) mass is 525 g/mol.